The molecule has 1 aliphatic carbocycles. The monoisotopic (exact) mass is 737 g/mol. The van der Waals surface area contributed by atoms with Crippen LogP contribution in [0.4, 0.5) is 35.1 Å². The van der Waals surface area contributed by atoms with Crippen molar-refractivity contribution in [1.29, 1.82) is 0 Å². The van der Waals surface area contributed by atoms with Crippen LogP contribution in [0.25, 0.3) is 5.69 Å². The molecule has 1 saturated carbocycles. The van der Waals surface area contributed by atoms with Crippen molar-refractivity contribution < 1.29 is 49.8 Å². The van der Waals surface area contributed by atoms with Crippen LogP contribution in [0.2, 0.25) is 5.02 Å². The van der Waals surface area contributed by atoms with Crippen LogP contribution in [-0.2, 0) is 9.59 Å². The zero-order valence-corrected chi connectivity index (χ0v) is 28.1. The van der Waals surface area contributed by atoms with Crippen molar-refractivity contribution in [2.45, 2.75) is 76.2 Å². The van der Waals surface area contributed by atoms with Gasteiger partial charge < -0.3 is 14.9 Å². The Labute approximate surface area is 288 Å². The predicted octanol–water partition coefficient (Wildman–Crippen LogP) is 7.60. The van der Waals surface area contributed by atoms with Gasteiger partial charge in [-0.1, -0.05) is 17.7 Å². The minimum atomic E-state index is -5.08. The number of amides is 1. The molecular weight excluding hydrogens is 702 g/mol. The number of halogens is 9. The van der Waals surface area contributed by atoms with E-state index >= 15 is 0 Å². The van der Waals surface area contributed by atoms with E-state index in [-0.39, 0.29) is 30.0 Å². The Morgan fingerprint density at radius 3 is 2.20 bits per heavy atom. The maximum absolute atomic E-state index is 14.9. The molecule has 3 aromatic rings. The quantitative estimate of drug-likeness (QED) is 0.251. The summed E-state index contributed by atoms with van der Waals surface area (Å²) in [5, 5.41) is 12.4. The fourth-order valence-corrected chi connectivity index (χ4v) is 6.63. The maximum atomic E-state index is 14.9. The first kappa shape index (κ1) is 39.0. The average molecular weight is 738 g/mol. The third kappa shape index (κ3) is 9.71. The molecule has 5 rings (SSSR count). The number of hydrogen-bond acceptors (Lipinski definition) is 5. The highest BCUT2D eigenvalue weighted by Gasteiger charge is 2.45. The van der Waals surface area contributed by atoms with E-state index in [0.29, 0.717) is 49.6 Å². The molecule has 0 radical (unpaired) electrons. The van der Waals surface area contributed by atoms with Crippen LogP contribution in [0.3, 0.4) is 0 Å². The summed E-state index contributed by atoms with van der Waals surface area (Å²) in [6, 6.07) is 8.64. The summed E-state index contributed by atoms with van der Waals surface area (Å²) in [7, 11) is 1.60. The third-order valence-electron chi connectivity index (χ3n) is 9.13. The molecule has 274 valence electrons. The van der Waals surface area contributed by atoms with Crippen molar-refractivity contribution >= 4 is 23.5 Å². The van der Waals surface area contributed by atoms with Gasteiger partial charge in [0.2, 0.25) is 5.91 Å². The highest BCUT2D eigenvalue weighted by Crippen LogP contribution is 2.44. The Balaban J connectivity index is 0.000000727. The van der Waals surface area contributed by atoms with Gasteiger partial charge in [-0.15, -0.1) is 0 Å². The number of hydrogen-bond donors (Lipinski definition) is 1. The highest BCUT2D eigenvalue weighted by molar-refractivity contribution is 6.31. The number of rotatable bonds is 7. The first-order valence-electron chi connectivity index (χ1n) is 15.8. The van der Waals surface area contributed by atoms with Crippen molar-refractivity contribution in [2.75, 3.05) is 26.7 Å². The molecule has 17 heteroatoms. The molecule has 1 aliphatic heterocycles. The van der Waals surface area contributed by atoms with E-state index in [1.54, 1.807) is 16.8 Å². The second-order valence-corrected chi connectivity index (χ2v) is 13.0. The summed E-state index contributed by atoms with van der Waals surface area (Å²) in [4.78, 5) is 30.9. The molecule has 2 heterocycles. The van der Waals surface area contributed by atoms with Crippen LogP contribution in [-0.4, -0.2) is 86.6 Å². The molecule has 0 spiro atoms. The van der Waals surface area contributed by atoms with E-state index in [0.717, 1.165) is 29.2 Å². The smallest absolute Gasteiger partial charge is 0.475 e. The van der Waals surface area contributed by atoms with Gasteiger partial charge in [-0.2, -0.15) is 31.4 Å². The molecule has 1 N–H and O–H groups in total. The minimum Gasteiger partial charge on any atom is -0.475 e. The molecule has 1 saturated heterocycles. The lowest BCUT2D eigenvalue weighted by molar-refractivity contribution is -0.192. The van der Waals surface area contributed by atoms with Gasteiger partial charge in [0.05, 0.1) is 12.1 Å². The van der Waals surface area contributed by atoms with Crippen molar-refractivity contribution in [1.82, 2.24) is 24.6 Å². The molecule has 1 amide bonds. The van der Waals surface area contributed by atoms with Crippen LogP contribution in [0, 0.1) is 31.4 Å². The molecule has 2 aromatic carbocycles. The second kappa shape index (κ2) is 15.6. The van der Waals surface area contributed by atoms with Gasteiger partial charge in [-0.05, 0) is 87.9 Å². The van der Waals surface area contributed by atoms with Gasteiger partial charge in [0.25, 0.3) is 0 Å². The summed E-state index contributed by atoms with van der Waals surface area (Å²) >= 11 is 6.22. The molecule has 8 nitrogen and oxygen atoms in total. The summed E-state index contributed by atoms with van der Waals surface area (Å²) in [5.41, 5.74) is 2.00. The summed E-state index contributed by atoms with van der Waals surface area (Å²) in [5.74, 6) is -4.07. The molecule has 1 aromatic heterocycles. The Hall–Kier alpha value is -3.79. The van der Waals surface area contributed by atoms with Crippen LogP contribution in [0.15, 0.2) is 36.4 Å². The number of aryl methyl sites for hydroxylation is 2. The van der Waals surface area contributed by atoms with Gasteiger partial charge in [0, 0.05) is 48.6 Å². The van der Waals surface area contributed by atoms with Crippen LogP contribution >= 0.6 is 11.6 Å². The zero-order chi connectivity index (χ0) is 37.1. The number of piperidine rings is 1. The Morgan fingerprint density at radius 1 is 1.00 bits per heavy atom. The van der Waals surface area contributed by atoms with Crippen molar-refractivity contribution in [3.8, 4) is 5.69 Å². The van der Waals surface area contributed by atoms with Gasteiger partial charge >= 0.3 is 18.3 Å². The maximum Gasteiger partial charge on any atom is 0.490 e. The first-order chi connectivity index (χ1) is 23.2. The normalized spacial score (nSPS) is 20.2. The Morgan fingerprint density at radius 2 is 1.64 bits per heavy atom. The average Bonchev–Trinajstić information content (AvgIpc) is 3.65. The number of aliphatic carboxylic acids is 1. The first-order valence-corrected chi connectivity index (χ1v) is 16.1. The Bertz CT molecular complexity index is 1670. The molecule has 50 heavy (non-hydrogen) atoms. The number of carboxylic acid groups (broad SMARTS) is 1. The molecular formula is C33H36ClF8N5O3. The fourth-order valence-electron chi connectivity index (χ4n) is 6.51. The molecule has 2 fully saturated rings. The summed E-state index contributed by atoms with van der Waals surface area (Å²) < 4.78 is 101. The summed E-state index contributed by atoms with van der Waals surface area (Å²) in [6.07, 6.45) is -8.45. The molecule has 2 aliphatic rings. The van der Waals surface area contributed by atoms with Crippen LogP contribution in [0.1, 0.15) is 66.7 Å². The Kier molecular flexibility index (Phi) is 12.2. The van der Waals surface area contributed by atoms with Crippen LogP contribution in [0.5, 0.6) is 0 Å². The second-order valence-electron chi connectivity index (χ2n) is 12.6. The number of carboxylic acids is 1. The van der Waals surface area contributed by atoms with Gasteiger partial charge in [-0.25, -0.2) is 23.2 Å². The van der Waals surface area contributed by atoms with E-state index in [2.05, 4.69) is 5.10 Å². The summed E-state index contributed by atoms with van der Waals surface area (Å²) in [6.45, 7) is 4.45. The molecule has 0 bridgehead atoms. The number of carbonyl (C=O) groups is 2. The number of aromatic nitrogens is 3. The number of carbonyl (C=O) groups excluding carboxylic acids is 1. The SMILES string of the molecule is Cc1nc(C2CCN(C(=O)[C@@H]3C[C@H](N(C)CCC(F)(F)F)C[C@H]3c3ccc(F)cc3F)CC2)n(-c2ccc(Cl)c(C)c2)n1.O=C(O)C(F)(F)F. The van der Waals surface area contributed by atoms with Crippen molar-refractivity contribution in [3.05, 3.63) is 75.8 Å². The van der Waals surface area contributed by atoms with Crippen molar-refractivity contribution in [3.63, 3.8) is 0 Å². The lowest BCUT2D eigenvalue weighted by atomic mass is 9.86. The number of benzene rings is 2. The number of likely N-dealkylation sites (tertiary alicyclic amines) is 1. The zero-order valence-electron chi connectivity index (χ0n) is 27.3. The van der Waals surface area contributed by atoms with Crippen LogP contribution < -0.4 is 0 Å². The molecule has 0 unspecified atom stereocenters. The van der Waals surface area contributed by atoms with Gasteiger partial charge in [0.1, 0.15) is 23.3 Å². The standard InChI is InChI=1S/C31H35ClF5N5O.C2HF3O2/c1-18-14-22(5-7-27(18)32)42-29(38-19(2)39-42)20-8-11-41(12-9-20)30(43)26-17-23(40(3)13-10-31(35,36)37)16-25(26)24-6-4-21(33)15-28(24)34;3-2(4,5)1(6)7/h4-7,14-15,20,23,25-26H,8-13,16-17H2,1-3H3;(H,6,7)/t23-,25+,26-;/m1./s1. The highest BCUT2D eigenvalue weighted by atomic mass is 35.5. The fraction of sp³-hybridized carbons (Fsp3) is 0.515. The topological polar surface area (TPSA) is 91.6 Å². The third-order valence-corrected chi connectivity index (χ3v) is 9.55. The van der Waals surface area contributed by atoms with E-state index in [4.69, 9.17) is 26.5 Å². The van der Waals surface area contributed by atoms with E-state index in [1.165, 1.54) is 6.07 Å². The van der Waals surface area contributed by atoms with Gasteiger partial charge in [0.15, 0.2) is 0 Å². The van der Waals surface area contributed by atoms with E-state index in [1.807, 2.05) is 36.7 Å². The minimum absolute atomic E-state index is 0.0522. The lowest BCUT2D eigenvalue weighted by Gasteiger charge is -2.34. The predicted molar refractivity (Wildman–Crippen MR) is 167 cm³/mol. The van der Waals surface area contributed by atoms with E-state index in [9.17, 15) is 39.9 Å². The van der Waals surface area contributed by atoms with Gasteiger partial charge in [-0.3, -0.25) is 4.79 Å². The largest absolute Gasteiger partial charge is 0.490 e. The number of alkyl halides is 6. The lowest BCUT2D eigenvalue weighted by Crippen LogP contribution is -2.42. The van der Waals surface area contributed by atoms with E-state index < -0.39 is 48.2 Å². The van der Waals surface area contributed by atoms with Crippen molar-refractivity contribution in [2.24, 2.45) is 5.92 Å². The molecule has 3 atom stereocenters. The number of nitrogens with zero attached hydrogens (tertiary/aromatic N) is 5.